The first kappa shape index (κ1) is 26.0. The number of aromatic nitrogens is 2. The molecule has 1 N–H and O–H groups in total. The molecule has 1 atom stereocenters. The number of rotatable bonds is 9. The minimum Gasteiger partial charge on any atom is -0.507 e. The first-order valence-electron chi connectivity index (χ1n) is 12.0. The quantitative estimate of drug-likeness (QED) is 0.270. The Hall–Kier alpha value is -4.11. The number of para-hydroxylation sites is 1. The van der Waals surface area contributed by atoms with Crippen molar-refractivity contribution in [3.05, 3.63) is 77.1 Å². The Morgan fingerprint density at radius 2 is 1.76 bits per heavy atom. The molecule has 1 aliphatic rings. The van der Waals surface area contributed by atoms with E-state index in [1.54, 1.807) is 22.9 Å². The van der Waals surface area contributed by atoms with E-state index in [1.807, 2.05) is 56.3 Å². The lowest BCUT2D eigenvalue weighted by Crippen LogP contribution is -2.32. The van der Waals surface area contributed by atoms with Crippen molar-refractivity contribution in [2.75, 3.05) is 41.4 Å². The zero-order valence-electron chi connectivity index (χ0n) is 21.8. The number of benzene rings is 2. The van der Waals surface area contributed by atoms with E-state index in [4.69, 9.17) is 9.47 Å². The van der Waals surface area contributed by atoms with E-state index < -0.39 is 17.7 Å². The fraction of sp³-hybridized carbons (Fsp3) is 0.321. The van der Waals surface area contributed by atoms with Crippen LogP contribution in [0.3, 0.4) is 0 Å². The Bertz CT molecular complexity index is 1330. The van der Waals surface area contributed by atoms with Crippen LogP contribution in [0.25, 0.3) is 11.4 Å². The second-order valence-electron chi connectivity index (χ2n) is 9.15. The molecular weight excluding hydrogens is 472 g/mol. The van der Waals surface area contributed by atoms with Gasteiger partial charge in [0.15, 0.2) is 11.5 Å². The summed E-state index contributed by atoms with van der Waals surface area (Å²) in [6.07, 6.45) is 2.18. The first-order valence-corrected chi connectivity index (χ1v) is 12.0. The molecule has 1 aromatic heterocycles. The minimum absolute atomic E-state index is 0.0257. The van der Waals surface area contributed by atoms with Crippen LogP contribution in [0.1, 0.15) is 29.3 Å². The van der Waals surface area contributed by atoms with Crippen molar-refractivity contribution in [1.29, 1.82) is 0 Å². The van der Waals surface area contributed by atoms with Crippen LogP contribution >= 0.6 is 0 Å². The minimum atomic E-state index is -0.790. The van der Waals surface area contributed by atoms with E-state index in [0.717, 1.165) is 12.2 Å². The van der Waals surface area contributed by atoms with Crippen LogP contribution in [0.2, 0.25) is 0 Å². The molecule has 1 fully saturated rings. The van der Waals surface area contributed by atoms with Gasteiger partial charge in [-0.25, -0.2) is 4.68 Å². The Morgan fingerprint density at radius 3 is 2.41 bits per heavy atom. The molecule has 0 spiro atoms. The second-order valence-corrected chi connectivity index (χ2v) is 9.15. The molecule has 37 heavy (non-hydrogen) atoms. The highest BCUT2D eigenvalue weighted by molar-refractivity contribution is 6.46. The SMILES string of the molecule is COc1ccc([C@@H]2C(=C(O)c3cnn(-c4ccccc4)c3C)C(=O)C(=O)N2CCCN(C)C)cc1OC. The number of hydrogen-bond acceptors (Lipinski definition) is 7. The molecule has 4 rings (SSSR count). The van der Waals surface area contributed by atoms with E-state index in [2.05, 4.69) is 5.10 Å². The van der Waals surface area contributed by atoms with Gasteiger partial charge in [-0.1, -0.05) is 24.3 Å². The summed E-state index contributed by atoms with van der Waals surface area (Å²) >= 11 is 0. The van der Waals surface area contributed by atoms with Crippen molar-refractivity contribution in [1.82, 2.24) is 19.6 Å². The van der Waals surface area contributed by atoms with Crippen LogP contribution in [-0.2, 0) is 9.59 Å². The number of carbonyl (C=O) groups excluding carboxylic acids is 2. The van der Waals surface area contributed by atoms with E-state index in [9.17, 15) is 14.7 Å². The molecule has 0 aliphatic carbocycles. The number of Topliss-reactive ketones (excluding diaryl/α,β-unsaturated/α-hetero) is 1. The van der Waals surface area contributed by atoms with Crippen molar-refractivity contribution in [2.45, 2.75) is 19.4 Å². The highest BCUT2D eigenvalue weighted by Crippen LogP contribution is 2.42. The molecule has 0 unspecified atom stereocenters. The molecule has 2 aromatic carbocycles. The van der Waals surface area contributed by atoms with Crippen molar-refractivity contribution in [2.24, 2.45) is 0 Å². The lowest BCUT2D eigenvalue weighted by atomic mass is 9.95. The summed E-state index contributed by atoms with van der Waals surface area (Å²) in [4.78, 5) is 30.2. The van der Waals surface area contributed by atoms with Crippen LogP contribution in [-0.4, -0.2) is 77.8 Å². The smallest absolute Gasteiger partial charge is 0.295 e. The third kappa shape index (κ3) is 4.95. The molecule has 2 heterocycles. The normalized spacial score (nSPS) is 17.0. The van der Waals surface area contributed by atoms with Gasteiger partial charge in [-0.3, -0.25) is 9.59 Å². The molecule has 0 bridgehead atoms. The molecule has 194 valence electrons. The van der Waals surface area contributed by atoms with E-state index >= 15 is 0 Å². The molecule has 1 saturated heterocycles. The topological polar surface area (TPSA) is 97.1 Å². The first-order chi connectivity index (χ1) is 17.8. The fourth-order valence-corrected chi connectivity index (χ4v) is 4.65. The number of nitrogens with zero attached hydrogens (tertiary/aromatic N) is 4. The fourth-order valence-electron chi connectivity index (χ4n) is 4.65. The number of hydrogen-bond donors (Lipinski definition) is 1. The average Bonchev–Trinajstić information content (AvgIpc) is 3.40. The Morgan fingerprint density at radius 1 is 1.05 bits per heavy atom. The third-order valence-electron chi connectivity index (χ3n) is 6.53. The second kappa shape index (κ2) is 10.9. The lowest BCUT2D eigenvalue weighted by Gasteiger charge is -2.26. The Kier molecular flexibility index (Phi) is 7.63. The number of ketones is 1. The zero-order valence-corrected chi connectivity index (χ0v) is 21.8. The Balaban J connectivity index is 1.84. The van der Waals surface area contributed by atoms with Crippen LogP contribution in [0, 0.1) is 6.92 Å². The maximum atomic E-state index is 13.4. The van der Waals surface area contributed by atoms with E-state index in [0.29, 0.717) is 41.3 Å². The summed E-state index contributed by atoms with van der Waals surface area (Å²) in [6, 6.07) is 14.0. The highest BCUT2D eigenvalue weighted by Gasteiger charge is 2.46. The molecule has 1 aliphatic heterocycles. The summed E-state index contributed by atoms with van der Waals surface area (Å²) in [5, 5.41) is 15.9. The molecule has 9 heteroatoms. The van der Waals surface area contributed by atoms with Gasteiger partial charge in [0.25, 0.3) is 11.7 Å². The van der Waals surface area contributed by atoms with Crippen LogP contribution in [0.4, 0.5) is 0 Å². The van der Waals surface area contributed by atoms with Crippen molar-refractivity contribution < 1.29 is 24.2 Å². The van der Waals surface area contributed by atoms with Crippen LogP contribution < -0.4 is 9.47 Å². The van der Waals surface area contributed by atoms with Crippen LogP contribution in [0.5, 0.6) is 11.5 Å². The number of amides is 1. The summed E-state index contributed by atoms with van der Waals surface area (Å²) in [6.45, 7) is 2.90. The van der Waals surface area contributed by atoms with Crippen molar-refractivity contribution in [3.63, 3.8) is 0 Å². The standard InChI is InChI=1S/C28H32N4O5/c1-18-21(17-29-32(18)20-10-7-6-8-11-20)26(33)24-25(19-12-13-22(36-4)23(16-19)37-5)31(28(35)27(24)34)15-9-14-30(2)3/h6-8,10-13,16-17,25,33H,9,14-15H2,1-5H3/t25-/m1/s1. The number of aliphatic hydroxyl groups excluding tert-OH is 1. The van der Waals surface area contributed by atoms with Gasteiger partial charge in [-0.15, -0.1) is 0 Å². The van der Waals surface area contributed by atoms with E-state index in [-0.39, 0.29) is 11.3 Å². The average molecular weight is 505 g/mol. The highest BCUT2D eigenvalue weighted by atomic mass is 16.5. The number of carbonyl (C=O) groups is 2. The molecular formula is C28H32N4O5. The van der Waals surface area contributed by atoms with Gasteiger partial charge in [0.05, 0.1) is 49.0 Å². The number of ether oxygens (including phenoxy) is 2. The largest absolute Gasteiger partial charge is 0.507 e. The van der Waals surface area contributed by atoms with Crippen molar-refractivity contribution in [3.8, 4) is 17.2 Å². The summed E-state index contributed by atoms with van der Waals surface area (Å²) in [5.74, 6) is -0.641. The van der Waals surface area contributed by atoms with Gasteiger partial charge in [0.2, 0.25) is 0 Å². The zero-order chi connectivity index (χ0) is 26.7. The van der Waals surface area contributed by atoms with Crippen molar-refractivity contribution >= 4 is 17.4 Å². The lowest BCUT2D eigenvalue weighted by molar-refractivity contribution is -0.139. The summed E-state index contributed by atoms with van der Waals surface area (Å²) in [5.41, 5.74) is 2.52. The number of aliphatic hydroxyl groups is 1. The summed E-state index contributed by atoms with van der Waals surface area (Å²) < 4.78 is 12.5. The Labute approximate surface area is 216 Å². The van der Waals surface area contributed by atoms with Gasteiger partial charge < -0.3 is 24.4 Å². The van der Waals surface area contributed by atoms with Gasteiger partial charge in [0, 0.05) is 6.54 Å². The summed E-state index contributed by atoms with van der Waals surface area (Å²) in [7, 11) is 6.97. The van der Waals surface area contributed by atoms with Gasteiger partial charge in [-0.05, 0) is 63.8 Å². The third-order valence-corrected chi connectivity index (χ3v) is 6.53. The number of methoxy groups -OCH3 is 2. The van der Waals surface area contributed by atoms with Gasteiger partial charge >= 0.3 is 0 Å². The molecule has 0 radical (unpaired) electrons. The predicted molar refractivity (Wildman–Crippen MR) is 140 cm³/mol. The molecule has 3 aromatic rings. The van der Waals surface area contributed by atoms with Gasteiger partial charge in [0.1, 0.15) is 5.76 Å². The molecule has 1 amide bonds. The molecule has 0 saturated carbocycles. The maximum Gasteiger partial charge on any atom is 0.295 e. The number of likely N-dealkylation sites (tertiary alicyclic amines) is 1. The monoisotopic (exact) mass is 504 g/mol. The van der Waals surface area contributed by atoms with E-state index in [1.165, 1.54) is 25.3 Å². The predicted octanol–water partition coefficient (Wildman–Crippen LogP) is 3.57. The molecule has 9 nitrogen and oxygen atoms in total. The van der Waals surface area contributed by atoms with Gasteiger partial charge in [-0.2, -0.15) is 5.10 Å². The van der Waals surface area contributed by atoms with Crippen LogP contribution in [0.15, 0.2) is 60.3 Å². The maximum absolute atomic E-state index is 13.4.